The first-order chi connectivity index (χ1) is 18.9. The summed E-state index contributed by atoms with van der Waals surface area (Å²) in [6, 6.07) is 18.3. The van der Waals surface area contributed by atoms with Gasteiger partial charge >= 0.3 is 0 Å². The van der Waals surface area contributed by atoms with E-state index in [0.29, 0.717) is 45.0 Å². The van der Waals surface area contributed by atoms with E-state index in [1.165, 1.54) is 11.8 Å². The van der Waals surface area contributed by atoms with Gasteiger partial charge in [-0.05, 0) is 48.9 Å². The largest absolute Gasteiger partial charge is 0.497 e. The van der Waals surface area contributed by atoms with Crippen LogP contribution in [-0.2, 0) is 5.75 Å². The van der Waals surface area contributed by atoms with Crippen molar-refractivity contribution in [3.8, 4) is 46.2 Å². The predicted octanol–water partition coefficient (Wildman–Crippen LogP) is 4.07. The van der Waals surface area contributed by atoms with E-state index in [-0.39, 0.29) is 23.6 Å². The zero-order valence-corrected chi connectivity index (χ0v) is 22.0. The van der Waals surface area contributed by atoms with Gasteiger partial charge in [-0.3, -0.25) is 0 Å². The molecule has 10 nitrogen and oxygen atoms in total. The Morgan fingerprint density at radius 1 is 1.00 bits per heavy atom. The number of aliphatic hydroxyl groups excluding tert-OH is 2. The summed E-state index contributed by atoms with van der Waals surface area (Å²) in [5, 5.41) is 38.7. The number of oxazole rings is 1. The molecule has 0 fully saturated rings. The van der Waals surface area contributed by atoms with Crippen molar-refractivity contribution in [3.05, 3.63) is 71.1 Å². The van der Waals surface area contributed by atoms with Crippen LogP contribution in [-0.4, -0.2) is 46.6 Å². The SMILES string of the molecule is COc1ccc(-c2nc(CSc3nc(N)c(C#N)c(-c4ccc(OC[C@@H](O)CO)cc4)c3C#N)c(C)o2)cc1. The molecule has 4 rings (SSSR count). The van der Waals surface area contributed by atoms with Crippen molar-refractivity contribution in [1.82, 2.24) is 9.97 Å². The molecule has 4 N–H and O–H groups in total. The number of nitriles is 2. The highest BCUT2D eigenvalue weighted by molar-refractivity contribution is 7.98. The standard InChI is InChI=1S/C28H25N5O5S/c1-16-24(32-27(38-16)18-5-7-20(36-2)8-6-18)15-39-28-23(12-30)25(22(11-29)26(31)33-28)17-3-9-21(10-4-17)37-14-19(35)13-34/h3-10,19,34-35H,13-15H2,1-2H3,(H2,31,33)/t19-/m0/s1. The Balaban J connectivity index is 1.61. The van der Waals surface area contributed by atoms with Gasteiger partial charge in [0.1, 0.15) is 58.5 Å². The summed E-state index contributed by atoms with van der Waals surface area (Å²) >= 11 is 1.27. The second-order valence-corrected chi connectivity index (χ2v) is 9.33. The summed E-state index contributed by atoms with van der Waals surface area (Å²) in [4.78, 5) is 8.97. The van der Waals surface area contributed by atoms with E-state index in [1.54, 1.807) is 31.4 Å². The van der Waals surface area contributed by atoms with Crippen LogP contribution in [0.1, 0.15) is 22.6 Å². The molecule has 0 bridgehead atoms. The zero-order valence-electron chi connectivity index (χ0n) is 21.2. The number of rotatable bonds is 10. The van der Waals surface area contributed by atoms with Crippen LogP contribution in [0.5, 0.6) is 11.5 Å². The highest BCUT2D eigenvalue weighted by Gasteiger charge is 2.22. The molecule has 0 saturated carbocycles. The third-order valence-corrected chi connectivity index (χ3v) is 6.77. The maximum atomic E-state index is 10.1. The van der Waals surface area contributed by atoms with Crippen molar-refractivity contribution in [1.29, 1.82) is 10.5 Å². The van der Waals surface area contributed by atoms with Gasteiger partial charge in [-0.1, -0.05) is 23.9 Å². The van der Waals surface area contributed by atoms with Gasteiger partial charge in [0.05, 0.1) is 25.0 Å². The normalized spacial score (nSPS) is 11.4. The van der Waals surface area contributed by atoms with Crippen LogP contribution in [0.4, 0.5) is 5.82 Å². The molecule has 0 aliphatic heterocycles. The van der Waals surface area contributed by atoms with E-state index < -0.39 is 12.7 Å². The average Bonchev–Trinajstić information content (AvgIpc) is 3.34. The summed E-state index contributed by atoms with van der Waals surface area (Å²) in [6.45, 7) is 1.33. The zero-order chi connectivity index (χ0) is 27.9. The minimum absolute atomic E-state index is 0.0104. The van der Waals surface area contributed by atoms with Crippen LogP contribution in [0.2, 0.25) is 0 Å². The number of aryl methyl sites for hydroxylation is 1. The number of ether oxygens (including phenoxy) is 2. The lowest BCUT2D eigenvalue weighted by Crippen LogP contribution is -2.21. The number of benzene rings is 2. The Morgan fingerprint density at radius 3 is 2.26 bits per heavy atom. The number of pyridine rings is 1. The fraction of sp³-hybridized carbons (Fsp3) is 0.214. The van der Waals surface area contributed by atoms with Gasteiger partial charge in [0.2, 0.25) is 5.89 Å². The second kappa shape index (κ2) is 12.3. The lowest BCUT2D eigenvalue weighted by atomic mass is 9.97. The van der Waals surface area contributed by atoms with E-state index in [2.05, 4.69) is 22.1 Å². The van der Waals surface area contributed by atoms with Gasteiger partial charge in [0.25, 0.3) is 0 Å². The molecule has 39 heavy (non-hydrogen) atoms. The Bertz CT molecular complexity index is 1540. The lowest BCUT2D eigenvalue weighted by Gasteiger charge is -2.14. The second-order valence-electron chi connectivity index (χ2n) is 8.36. The van der Waals surface area contributed by atoms with Crippen LogP contribution in [0.3, 0.4) is 0 Å². The van der Waals surface area contributed by atoms with Crippen molar-refractivity contribution in [2.75, 3.05) is 26.1 Å². The molecule has 2 aromatic heterocycles. The molecule has 2 aromatic carbocycles. The monoisotopic (exact) mass is 543 g/mol. The van der Waals surface area contributed by atoms with Crippen LogP contribution in [0.15, 0.2) is 58.0 Å². The molecule has 0 aliphatic rings. The highest BCUT2D eigenvalue weighted by atomic mass is 32.2. The smallest absolute Gasteiger partial charge is 0.226 e. The number of aliphatic hydroxyl groups is 2. The highest BCUT2D eigenvalue weighted by Crippen LogP contribution is 2.37. The molecular formula is C28H25N5O5S. The molecule has 11 heteroatoms. The van der Waals surface area contributed by atoms with E-state index in [4.69, 9.17) is 24.7 Å². The third kappa shape index (κ3) is 6.13. The Hall–Kier alpha value is -4.55. The molecular weight excluding hydrogens is 518 g/mol. The topological polar surface area (TPSA) is 171 Å². The number of nitrogens with two attached hydrogens (primary N) is 1. The van der Waals surface area contributed by atoms with Crippen molar-refractivity contribution < 1.29 is 24.1 Å². The van der Waals surface area contributed by atoms with Gasteiger partial charge in [-0.25, -0.2) is 9.97 Å². The number of nitrogens with zero attached hydrogens (tertiary/aromatic N) is 4. The molecule has 4 aromatic rings. The minimum atomic E-state index is -1.000. The summed E-state index contributed by atoms with van der Waals surface area (Å²) in [7, 11) is 1.60. The van der Waals surface area contributed by atoms with Crippen LogP contribution in [0.25, 0.3) is 22.6 Å². The number of nitrogen functional groups attached to an aromatic ring is 1. The van der Waals surface area contributed by atoms with Crippen molar-refractivity contribution in [2.45, 2.75) is 23.8 Å². The fourth-order valence-corrected chi connectivity index (χ4v) is 4.71. The summed E-state index contributed by atoms with van der Waals surface area (Å²) in [5.74, 6) is 2.65. The Morgan fingerprint density at radius 2 is 1.64 bits per heavy atom. The average molecular weight is 544 g/mol. The van der Waals surface area contributed by atoms with E-state index >= 15 is 0 Å². The van der Waals surface area contributed by atoms with Crippen molar-refractivity contribution in [2.24, 2.45) is 0 Å². The molecule has 1 atom stereocenters. The van der Waals surface area contributed by atoms with Crippen LogP contribution >= 0.6 is 11.8 Å². The summed E-state index contributed by atoms with van der Waals surface area (Å²) in [5.41, 5.74) is 8.89. The minimum Gasteiger partial charge on any atom is -0.497 e. The van der Waals surface area contributed by atoms with Gasteiger partial charge in [0, 0.05) is 16.9 Å². The van der Waals surface area contributed by atoms with Crippen LogP contribution in [0, 0.1) is 29.6 Å². The number of hydrogen-bond acceptors (Lipinski definition) is 11. The van der Waals surface area contributed by atoms with E-state index in [9.17, 15) is 15.6 Å². The first-order valence-electron chi connectivity index (χ1n) is 11.8. The molecule has 2 heterocycles. The van der Waals surface area contributed by atoms with Crippen molar-refractivity contribution >= 4 is 17.6 Å². The molecule has 0 radical (unpaired) electrons. The van der Waals surface area contributed by atoms with Gasteiger partial charge < -0.3 is 29.8 Å². The summed E-state index contributed by atoms with van der Waals surface area (Å²) in [6.07, 6.45) is -1.000. The van der Waals surface area contributed by atoms with Crippen LogP contribution < -0.4 is 15.2 Å². The lowest BCUT2D eigenvalue weighted by molar-refractivity contribution is 0.0536. The molecule has 0 unspecified atom stereocenters. The number of thioether (sulfide) groups is 1. The fourth-order valence-electron chi connectivity index (χ4n) is 3.71. The maximum absolute atomic E-state index is 10.1. The number of hydrogen-bond donors (Lipinski definition) is 3. The number of aromatic nitrogens is 2. The third-order valence-electron chi connectivity index (χ3n) is 5.79. The molecule has 0 saturated heterocycles. The predicted molar refractivity (Wildman–Crippen MR) is 145 cm³/mol. The van der Waals surface area contributed by atoms with Gasteiger partial charge in [-0.15, -0.1) is 0 Å². The first-order valence-corrected chi connectivity index (χ1v) is 12.8. The molecule has 198 valence electrons. The Labute approximate surface area is 229 Å². The Kier molecular flexibility index (Phi) is 8.69. The van der Waals surface area contributed by atoms with Gasteiger partial charge in [0.15, 0.2) is 0 Å². The number of anilines is 1. The molecule has 0 aliphatic carbocycles. The van der Waals surface area contributed by atoms with Gasteiger partial charge in [-0.2, -0.15) is 10.5 Å². The van der Waals surface area contributed by atoms with E-state index in [0.717, 1.165) is 11.3 Å². The maximum Gasteiger partial charge on any atom is 0.226 e. The number of methoxy groups -OCH3 is 1. The van der Waals surface area contributed by atoms with E-state index in [1.807, 2.05) is 31.2 Å². The molecule has 0 amide bonds. The molecule has 0 spiro atoms. The summed E-state index contributed by atoms with van der Waals surface area (Å²) < 4.78 is 16.5. The van der Waals surface area contributed by atoms with Crippen molar-refractivity contribution in [3.63, 3.8) is 0 Å². The first kappa shape index (κ1) is 27.5. The quantitative estimate of drug-likeness (QED) is 0.246.